The van der Waals surface area contributed by atoms with Crippen LogP contribution in [0, 0.1) is 5.82 Å². The molecule has 2 aromatic carbocycles. The zero-order valence-corrected chi connectivity index (χ0v) is 15.4. The van der Waals surface area contributed by atoms with E-state index in [9.17, 15) is 9.18 Å². The van der Waals surface area contributed by atoms with Gasteiger partial charge in [0, 0.05) is 11.8 Å². The molecule has 4 heteroatoms. The van der Waals surface area contributed by atoms with Crippen molar-refractivity contribution in [2.24, 2.45) is 0 Å². The average Bonchev–Trinajstić information content (AvgIpc) is 2.68. The number of aliphatic carboxylic acids is 1. The van der Waals surface area contributed by atoms with Crippen molar-refractivity contribution in [1.82, 2.24) is 0 Å². The first-order valence-electron chi connectivity index (χ1n) is 9.45. The largest absolute Gasteiger partial charge is 0.494 e. The topological polar surface area (TPSA) is 46.5 Å². The third-order valence-corrected chi connectivity index (χ3v) is 5.22. The Balaban J connectivity index is 1.61. The van der Waals surface area contributed by atoms with Crippen molar-refractivity contribution in [2.75, 3.05) is 6.61 Å². The third kappa shape index (κ3) is 5.19. The molecule has 0 spiro atoms. The SMILES string of the molecule is O=C(O)CCc1ccc(OCCC2(c3ccc(F)cc3)C=CCCC2)cc1. The number of hydrogen-bond acceptors (Lipinski definition) is 2. The van der Waals surface area contributed by atoms with Crippen LogP contribution in [0.5, 0.6) is 5.75 Å². The molecule has 2 aromatic rings. The molecule has 0 radical (unpaired) electrons. The lowest BCUT2D eigenvalue weighted by molar-refractivity contribution is -0.136. The fraction of sp³-hybridized carbons (Fsp3) is 0.348. The van der Waals surface area contributed by atoms with Crippen molar-refractivity contribution >= 4 is 5.97 Å². The molecule has 1 unspecified atom stereocenters. The van der Waals surface area contributed by atoms with Gasteiger partial charge in [0.15, 0.2) is 0 Å². The fourth-order valence-electron chi connectivity index (χ4n) is 3.66. The predicted octanol–water partition coefficient (Wildman–Crippen LogP) is 5.29. The van der Waals surface area contributed by atoms with Crippen molar-refractivity contribution in [1.29, 1.82) is 0 Å². The highest BCUT2D eigenvalue weighted by Crippen LogP contribution is 2.38. The first kappa shape index (κ1) is 19.2. The maximum absolute atomic E-state index is 13.3. The van der Waals surface area contributed by atoms with Crippen molar-refractivity contribution in [3.63, 3.8) is 0 Å². The van der Waals surface area contributed by atoms with Crippen LogP contribution in [0.2, 0.25) is 0 Å². The van der Waals surface area contributed by atoms with Crippen LogP contribution in [0.15, 0.2) is 60.7 Å². The molecule has 1 N–H and O–H groups in total. The van der Waals surface area contributed by atoms with Crippen LogP contribution in [0.3, 0.4) is 0 Å². The highest BCUT2D eigenvalue weighted by Gasteiger charge is 2.30. The molecular weight excluding hydrogens is 343 g/mol. The zero-order chi connectivity index (χ0) is 19.1. The predicted molar refractivity (Wildman–Crippen MR) is 104 cm³/mol. The van der Waals surface area contributed by atoms with Gasteiger partial charge in [-0.05, 0) is 67.5 Å². The number of rotatable bonds is 8. The van der Waals surface area contributed by atoms with E-state index in [2.05, 4.69) is 12.2 Å². The first-order chi connectivity index (χ1) is 13.1. The van der Waals surface area contributed by atoms with Crippen LogP contribution in [-0.4, -0.2) is 17.7 Å². The van der Waals surface area contributed by atoms with Gasteiger partial charge in [-0.2, -0.15) is 0 Å². The summed E-state index contributed by atoms with van der Waals surface area (Å²) in [5.41, 5.74) is 2.02. The van der Waals surface area contributed by atoms with Crippen LogP contribution in [0.25, 0.3) is 0 Å². The molecule has 27 heavy (non-hydrogen) atoms. The smallest absolute Gasteiger partial charge is 0.303 e. The Morgan fingerprint density at radius 3 is 2.48 bits per heavy atom. The Hall–Kier alpha value is -2.62. The normalized spacial score (nSPS) is 19.0. The molecule has 0 heterocycles. The van der Waals surface area contributed by atoms with Crippen molar-refractivity contribution in [2.45, 2.75) is 43.9 Å². The van der Waals surface area contributed by atoms with E-state index >= 15 is 0 Å². The lowest BCUT2D eigenvalue weighted by atomic mass is 9.71. The first-order valence-corrected chi connectivity index (χ1v) is 9.45. The van der Waals surface area contributed by atoms with Gasteiger partial charge in [-0.25, -0.2) is 4.39 Å². The lowest BCUT2D eigenvalue weighted by Crippen LogP contribution is -2.28. The molecule has 1 aliphatic rings. The number of hydrogen-bond donors (Lipinski definition) is 1. The lowest BCUT2D eigenvalue weighted by Gasteiger charge is -2.34. The number of carboxylic acid groups (broad SMARTS) is 1. The van der Waals surface area contributed by atoms with Crippen molar-refractivity contribution in [3.05, 3.63) is 77.6 Å². The van der Waals surface area contributed by atoms with Gasteiger partial charge in [-0.1, -0.05) is 36.4 Å². The summed E-state index contributed by atoms with van der Waals surface area (Å²) in [6, 6.07) is 14.4. The van der Waals surface area contributed by atoms with Gasteiger partial charge in [-0.15, -0.1) is 0 Å². The number of carbonyl (C=O) groups is 1. The number of carboxylic acids is 1. The van der Waals surface area contributed by atoms with E-state index in [-0.39, 0.29) is 17.7 Å². The molecule has 0 saturated heterocycles. The summed E-state index contributed by atoms with van der Waals surface area (Å²) in [5, 5.41) is 8.75. The summed E-state index contributed by atoms with van der Waals surface area (Å²) >= 11 is 0. The molecule has 0 fully saturated rings. The molecule has 1 atom stereocenters. The summed E-state index contributed by atoms with van der Waals surface area (Å²) < 4.78 is 19.2. The summed E-state index contributed by atoms with van der Waals surface area (Å²) in [6.45, 7) is 0.566. The van der Waals surface area contributed by atoms with Gasteiger partial charge < -0.3 is 9.84 Å². The third-order valence-electron chi connectivity index (χ3n) is 5.22. The van der Waals surface area contributed by atoms with E-state index in [1.807, 2.05) is 36.4 Å². The molecule has 0 aliphatic heterocycles. The van der Waals surface area contributed by atoms with Gasteiger partial charge in [0.1, 0.15) is 11.6 Å². The molecule has 142 valence electrons. The van der Waals surface area contributed by atoms with Crippen LogP contribution in [0.1, 0.15) is 43.2 Å². The van der Waals surface area contributed by atoms with Gasteiger partial charge in [0.2, 0.25) is 0 Å². The second-order valence-electron chi connectivity index (χ2n) is 7.09. The molecule has 1 aliphatic carbocycles. The monoisotopic (exact) mass is 368 g/mol. The van der Waals surface area contributed by atoms with Crippen LogP contribution in [0.4, 0.5) is 4.39 Å². The maximum Gasteiger partial charge on any atom is 0.303 e. The van der Waals surface area contributed by atoms with Crippen LogP contribution < -0.4 is 4.74 Å². The van der Waals surface area contributed by atoms with Crippen molar-refractivity contribution < 1.29 is 19.0 Å². The molecule has 0 saturated carbocycles. The maximum atomic E-state index is 13.3. The van der Waals surface area contributed by atoms with Crippen LogP contribution >= 0.6 is 0 Å². The van der Waals surface area contributed by atoms with Crippen molar-refractivity contribution in [3.8, 4) is 5.75 Å². The zero-order valence-electron chi connectivity index (χ0n) is 15.4. The standard InChI is InChI=1S/C23H25FO3/c24-20-9-7-19(8-10-20)23(14-2-1-3-15-23)16-17-27-21-11-4-18(5-12-21)6-13-22(25)26/h2,4-5,7-12,14H,1,3,6,13,15-17H2,(H,25,26). The Kier molecular flexibility index (Phi) is 6.28. The second-order valence-corrected chi connectivity index (χ2v) is 7.09. The Bertz CT molecular complexity index is 780. The molecule has 0 amide bonds. The number of allylic oxidation sites excluding steroid dienone is 2. The molecule has 0 aromatic heterocycles. The fourth-order valence-corrected chi connectivity index (χ4v) is 3.66. The number of benzene rings is 2. The van der Waals surface area contributed by atoms with E-state index in [0.717, 1.165) is 42.6 Å². The van der Waals surface area contributed by atoms with Crippen LogP contribution in [-0.2, 0) is 16.6 Å². The highest BCUT2D eigenvalue weighted by atomic mass is 19.1. The number of ether oxygens (including phenoxy) is 1. The minimum Gasteiger partial charge on any atom is -0.494 e. The van der Waals surface area contributed by atoms with Gasteiger partial charge in [0.25, 0.3) is 0 Å². The summed E-state index contributed by atoms with van der Waals surface area (Å²) in [7, 11) is 0. The van der Waals surface area contributed by atoms with E-state index in [0.29, 0.717) is 13.0 Å². The second kappa shape index (κ2) is 8.85. The van der Waals surface area contributed by atoms with E-state index in [4.69, 9.17) is 9.84 Å². The van der Waals surface area contributed by atoms with Gasteiger partial charge in [0.05, 0.1) is 6.61 Å². The van der Waals surface area contributed by atoms with Gasteiger partial charge >= 0.3 is 5.97 Å². The van der Waals surface area contributed by atoms with Gasteiger partial charge in [-0.3, -0.25) is 4.79 Å². The van der Waals surface area contributed by atoms with E-state index < -0.39 is 5.97 Å². The van der Waals surface area contributed by atoms with E-state index in [1.54, 1.807) is 0 Å². The molecular formula is C23H25FO3. The minimum absolute atomic E-state index is 0.104. The summed E-state index contributed by atoms with van der Waals surface area (Å²) in [6.07, 6.45) is 9.18. The average molecular weight is 368 g/mol. The minimum atomic E-state index is -0.790. The summed E-state index contributed by atoms with van der Waals surface area (Å²) in [5.74, 6) is -0.224. The Morgan fingerprint density at radius 1 is 1.11 bits per heavy atom. The quantitative estimate of drug-likeness (QED) is 0.644. The molecule has 3 nitrogen and oxygen atoms in total. The Morgan fingerprint density at radius 2 is 1.85 bits per heavy atom. The number of aryl methyl sites for hydroxylation is 1. The Labute approximate surface area is 159 Å². The van der Waals surface area contributed by atoms with E-state index in [1.165, 1.54) is 12.1 Å². The molecule has 3 rings (SSSR count). The number of halogens is 1. The highest BCUT2D eigenvalue weighted by molar-refractivity contribution is 5.67. The summed E-state index contributed by atoms with van der Waals surface area (Å²) in [4.78, 5) is 10.6. The molecule has 0 bridgehead atoms.